The van der Waals surface area contributed by atoms with Crippen LogP contribution in [0, 0.1) is 6.92 Å². The van der Waals surface area contributed by atoms with Crippen molar-refractivity contribution in [1.82, 2.24) is 0 Å². The second-order valence-electron chi connectivity index (χ2n) is 2.59. The summed E-state index contributed by atoms with van der Waals surface area (Å²) in [6.07, 6.45) is 3.69. The summed E-state index contributed by atoms with van der Waals surface area (Å²) >= 11 is 0. The van der Waals surface area contributed by atoms with Crippen LogP contribution in [0.4, 0.5) is 0 Å². The minimum Gasteiger partial charge on any atom is -0.0985 e. The Labute approximate surface area is 67.9 Å². The summed E-state index contributed by atoms with van der Waals surface area (Å²) in [5.74, 6) is 0. The molecule has 0 unspecified atom stereocenters. The number of benzene rings is 1. The van der Waals surface area contributed by atoms with Crippen LogP contribution in [0.1, 0.15) is 16.7 Å². The van der Waals surface area contributed by atoms with E-state index < -0.39 is 0 Å². The second-order valence-corrected chi connectivity index (χ2v) is 2.59. The quantitative estimate of drug-likeness (QED) is 0.597. The third-order valence-electron chi connectivity index (χ3n) is 1.59. The van der Waals surface area contributed by atoms with Crippen LogP contribution in [0.3, 0.4) is 0 Å². The molecule has 0 nitrogen and oxygen atoms in total. The predicted molar refractivity (Wildman–Crippen MR) is 51.4 cm³/mol. The average molecular weight is 144 g/mol. The molecule has 1 aromatic rings. The Morgan fingerprint density at radius 3 is 1.82 bits per heavy atom. The normalized spacial score (nSPS) is 9.18. The van der Waals surface area contributed by atoms with Gasteiger partial charge in [0.1, 0.15) is 0 Å². The summed E-state index contributed by atoms with van der Waals surface area (Å²) in [5, 5.41) is 0. The van der Waals surface area contributed by atoms with Gasteiger partial charge in [0.15, 0.2) is 0 Å². The maximum atomic E-state index is 3.71. The summed E-state index contributed by atoms with van der Waals surface area (Å²) in [5.41, 5.74) is 3.55. The van der Waals surface area contributed by atoms with E-state index in [0.29, 0.717) is 0 Å². The molecule has 0 aliphatic heterocycles. The van der Waals surface area contributed by atoms with Gasteiger partial charge in [-0.15, -0.1) is 0 Å². The maximum absolute atomic E-state index is 3.71. The second kappa shape index (κ2) is 3.20. The average Bonchev–Trinajstić information content (AvgIpc) is 2.03. The third kappa shape index (κ3) is 1.81. The molecule has 0 amide bonds. The highest BCUT2D eigenvalue weighted by Gasteiger charge is 1.90. The number of rotatable bonds is 2. The fraction of sp³-hybridized carbons (Fsp3) is 0.0909. The van der Waals surface area contributed by atoms with Crippen molar-refractivity contribution in [2.75, 3.05) is 0 Å². The molecule has 0 aliphatic rings. The summed E-state index contributed by atoms with van der Waals surface area (Å²) in [4.78, 5) is 0. The van der Waals surface area contributed by atoms with E-state index in [-0.39, 0.29) is 0 Å². The lowest BCUT2D eigenvalue weighted by Gasteiger charge is -1.98. The molecular weight excluding hydrogens is 132 g/mol. The minimum atomic E-state index is 1.15. The lowest BCUT2D eigenvalue weighted by Crippen LogP contribution is -1.78. The van der Waals surface area contributed by atoms with Crippen LogP contribution < -0.4 is 0 Å². The van der Waals surface area contributed by atoms with Gasteiger partial charge in [-0.3, -0.25) is 0 Å². The Hall–Kier alpha value is -1.30. The molecule has 1 rings (SSSR count). The Balaban J connectivity index is 3.21. The summed E-state index contributed by atoms with van der Waals surface area (Å²) in [6.45, 7) is 9.50. The highest BCUT2D eigenvalue weighted by Crippen LogP contribution is 2.11. The van der Waals surface area contributed by atoms with Gasteiger partial charge in [0.05, 0.1) is 0 Å². The van der Waals surface area contributed by atoms with Gasteiger partial charge in [-0.2, -0.15) is 0 Å². The smallest absolute Gasteiger partial charge is 0.0254 e. The van der Waals surface area contributed by atoms with Crippen LogP contribution in [0.25, 0.3) is 12.2 Å². The fourth-order valence-corrected chi connectivity index (χ4v) is 1.08. The monoisotopic (exact) mass is 144 g/mol. The largest absolute Gasteiger partial charge is 0.0985 e. The van der Waals surface area contributed by atoms with Crippen molar-refractivity contribution in [2.24, 2.45) is 0 Å². The molecule has 1 aromatic carbocycles. The Bertz CT molecular complexity index is 256. The van der Waals surface area contributed by atoms with E-state index >= 15 is 0 Å². The first kappa shape index (κ1) is 7.80. The highest BCUT2D eigenvalue weighted by molar-refractivity contribution is 5.57. The number of aryl methyl sites for hydroxylation is 1. The molecule has 56 valence electrons. The van der Waals surface area contributed by atoms with Crippen LogP contribution in [-0.2, 0) is 0 Å². The van der Waals surface area contributed by atoms with Gasteiger partial charge in [0.2, 0.25) is 0 Å². The van der Waals surface area contributed by atoms with Gasteiger partial charge >= 0.3 is 0 Å². The zero-order valence-electron chi connectivity index (χ0n) is 6.80. The molecule has 0 N–H and O–H groups in total. The first-order chi connectivity index (χ1) is 5.26. The molecule has 0 saturated heterocycles. The third-order valence-corrected chi connectivity index (χ3v) is 1.59. The fourth-order valence-electron chi connectivity index (χ4n) is 1.08. The Morgan fingerprint density at radius 2 is 1.45 bits per heavy atom. The Morgan fingerprint density at radius 1 is 1.00 bits per heavy atom. The SMILES string of the molecule is C=Cc1cc(C)cc(C=C)c1. The van der Waals surface area contributed by atoms with Crippen LogP contribution in [0.2, 0.25) is 0 Å². The molecule has 0 heterocycles. The van der Waals surface area contributed by atoms with Crippen LogP contribution in [-0.4, -0.2) is 0 Å². The molecule has 0 bridgehead atoms. The van der Waals surface area contributed by atoms with Crippen LogP contribution in [0.15, 0.2) is 31.4 Å². The Kier molecular flexibility index (Phi) is 2.27. The first-order valence-corrected chi connectivity index (χ1v) is 3.63. The van der Waals surface area contributed by atoms with Crippen molar-refractivity contribution in [1.29, 1.82) is 0 Å². The summed E-state index contributed by atoms with van der Waals surface area (Å²) in [6, 6.07) is 6.26. The maximum Gasteiger partial charge on any atom is -0.0254 e. The zero-order valence-corrected chi connectivity index (χ0v) is 6.80. The lowest BCUT2D eigenvalue weighted by molar-refractivity contribution is 1.45. The number of hydrogen-bond donors (Lipinski definition) is 0. The van der Waals surface area contributed by atoms with Crippen molar-refractivity contribution in [2.45, 2.75) is 6.92 Å². The van der Waals surface area contributed by atoms with E-state index in [1.54, 1.807) is 0 Å². The minimum absolute atomic E-state index is 1.15. The van der Waals surface area contributed by atoms with E-state index in [2.05, 4.69) is 38.3 Å². The molecular formula is C11H12. The summed E-state index contributed by atoms with van der Waals surface area (Å²) in [7, 11) is 0. The highest BCUT2D eigenvalue weighted by atomic mass is 14.0. The topological polar surface area (TPSA) is 0 Å². The lowest BCUT2D eigenvalue weighted by atomic mass is 10.1. The zero-order chi connectivity index (χ0) is 8.27. The van der Waals surface area contributed by atoms with Gasteiger partial charge in [0.25, 0.3) is 0 Å². The van der Waals surface area contributed by atoms with Gasteiger partial charge < -0.3 is 0 Å². The molecule has 0 atom stereocenters. The molecule has 11 heavy (non-hydrogen) atoms. The predicted octanol–water partition coefficient (Wildman–Crippen LogP) is 3.28. The van der Waals surface area contributed by atoms with Crippen molar-refractivity contribution >= 4 is 12.2 Å². The van der Waals surface area contributed by atoms with E-state index in [4.69, 9.17) is 0 Å². The van der Waals surface area contributed by atoms with Gasteiger partial charge in [-0.1, -0.05) is 37.4 Å². The molecule has 0 radical (unpaired) electrons. The molecule has 0 aliphatic carbocycles. The van der Waals surface area contributed by atoms with E-state index in [1.807, 2.05) is 12.2 Å². The van der Waals surface area contributed by atoms with Crippen molar-refractivity contribution in [3.05, 3.63) is 48.0 Å². The van der Waals surface area contributed by atoms with Crippen molar-refractivity contribution < 1.29 is 0 Å². The van der Waals surface area contributed by atoms with Crippen LogP contribution in [0.5, 0.6) is 0 Å². The molecule has 0 aromatic heterocycles. The van der Waals surface area contributed by atoms with Crippen molar-refractivity contribution in [3.63, 3.8) is 0 Å². The van der Waals surface area contributed by atoms with Gasteiger partial charge in [-0.25, -0.2) is 0 Å². The van der Waals surface area contributed by atoms with Gasteiger partial charge in [-0.05, 0) is 29.7 Å². The van der Waals surface area contributed by atoms with E-state index in [0.717, 1.165) is 11.1 Å². The first-order valence-electron chi connectivity index (χ1n) is 3.63. The summed E-state index contributed by atoms with van der Waals surface area (Å²) < 4.78 is 0. The number of hydrogen-bond acceptors (Lipinski definition) is 0. The molecule has 0 spiro atoms. The van der Waals surface area contributed by atoms with E-state index in [9.17, 15) is 0 Å². The van der Waals surface area contributed by atoms with Crippen LogP contribution >= 0.6 is 0 Å². The van der Waals surface area contributed by atoms with E-state index in [1.165, 1.54) is 5.56 Å². The van der Waals surface area contributed by atoms with Gasteiger partial charge in [0, 0.05) is 0 Å². The molecule has 0 heteroatoms. The standard InChI is InChI=1S/C11H12/c1-4-10-6-9(3)7-11(5-2)8-10/h4-8H,1-2H2,3H3. The molecule has 0 saturated carbocycles. The molecule has 0 fully saturated rings. The van der Waals surface area contributed by atoms with Crippen molar-refractivity contribution in [3.8, 4) is 0 Å².